The average molecular weight is 275 g/mol. The molecule has 2 aromatic rings. The number of aliphatic hydroxyl groups is 1. The fourth-order valence-electron chi connectivity index (χ4n) is 1.76. The van der Waals surface area contributed by atoms with Crippen LogP contribution in [0, 0.1) is 0 Å². The van der Waals surface area contributed by atoms with Crippen molar-refractivity contribution in [2.75, 3.05) is 19.5 Å². The molecule has 0 amide bonds. The molecule has 106 valence electrons. The number of aromatic nitrogens is 2. The number of anilines is 1. The SMILES string of the molecule is COc1ccc(CNc2cc(CO)ncn2)c(OC)c1. The van der Waals surface area contributed by atoms with E-state index in [0.29, 0.717) is 18.1 Å². The topological polar surface area (TPSA) is 76.5 Å². The zero-order valence-electron chi connectivity index (χ0n) is 11.5. The van der Waals surface area contributed by atoms with E-state index in [2.05, 4.69) is 15.3 Å². The molecule has 0 aliphatic carbocycles. The first-order chi connectivity index (χ1) is 9.76. The van der Waals surface area contributed by atoms with Crippen LogP contribution in [-0.2, 0) is 13.2 Å². The van der Waals surface area contributed by atoms with Crippen LogP contribution < -0.4 is 14.8 Å². The molecule has 0 aliphatic heterocycles. The highest BCUT2D eigenvalue weighted by Crippen LogP contribution is 2.25. The van der Waals surface area contributed by atoms with Gasteiger partial charge in [-0.15, -0.1) is 0 Å². The van der Waals surface area contributed by atoms with E-state index in [1.165, 1.54) is 6.33 Å². The van der Waals surface area contributed by atoms with Crippen molar-refractivity contribution in [3.05, 3.63) is 41.9 Å². The number of benzene rings is 1. The number of hydrogen-bond acceptors (Lipinski definition) is 6. The maximum absolute atomic E-state index is 9.04. The van der Waals surface area contributed by atoms with Gasteiger partial charge in [-0.2, -0.15) is 0 Å². The van der Waals surface area contributed by atoms with Crippen molar-refractivity contribution >= 4 is 5.82 Å². The van der Waals surface area contributed by atoms with Gasteiger partial charge >= 0.3 is 0 Å². The zero-order chi connectivity index (χ0) is 14.4. The Kier molecular flexibility index (Phi) is 4.73. The first-order valence-electron chi connectivity index (χ1n) is 6.13. The first kappa shape index (κ1) is 14.1. The summed E-state index contributed by atoms with van der Waals surface area (Å²) in [5.74, 6) is 2.14. The van der Waals surface area contributed by atoms with Crippen molar-refractivity contribution in [2.45, 2.75) is 13.2 Å². The molecule has 0 saturated heterocycles. The van der Waals surface area contributed by atoms with Crippen LogP contribution in [0.4, 0.5) is 5.82 Å². The summed E-state index contributed by atoms with van der Waals surface area (Å²) in [7, 11) is 3.23. The van der Waals surface area contributed by atoms with E-state index in [0.717, 1.165) is 17.1 Å². The summed E-state index contributed by atoms with van der Waals surface area (Å²) in [6.07, 6.45) is 1.42. The summed E-state index contributed by atoms with van der Waals surface area (Å²) >= 11 is 0. The molecule has 1 heterocycles. The Morgan fingerprint density at radius 1 is 1.15 bits per heavy atom. The fourth-order valence-corrected chi connectivity index (χ4v) is 1.76. The molecule has 0 unspecified atom stereocenters. The number of hydrogen-bond donors (Lipinski definition) is 2. The maximum Gasteiger partial charge on any atom is 0.129 e. The Morgan fingerprint density at radius 2 is 2.00 bits per heavy atom. The molecule has 0 aliphatic rings. The lowest BCUT2D eigenvalue weighted by molar-refractivity contribution is 0.276. The Balaban J connectivity index is 2.10. The highest BCUT2D eigenvalue weighted by Gasteiger charge is 2.05. The largest absolute Gasteiger partial charge is 0.497 e. The third kappa shape index (κ3) is 3.36. The van der Waals surface area contributed by atoms with E-state index in [4.69, 9.17) is 14.6 Å². The van der Waals surface area contributed by atoms with Gasteiger partial charge in [0.2, 0.25) is 0 Å². The fraction of sp³-hybridized carbons (Fsp3) is 0.286. The molecule has 0 spiro atoms. The zero-order valence-corrected chi connectivity index (χ0v) is 11.5. The number of ether oxygens (including phenoxy) is 2. The minimum absolute atomic E-state index is 0.108. The van der Waals surface area contributed by atoms with Gasteiger partial charge in [0, 0.05) is 24.2 Å². The Labute approximate surface area is 117 Å². The highest BCUT2D eigenvalue weighted by atomic mass is 16.5. The Morgan fingerprint density at radius 3 is 2.70 bits per heavy atom. The summed E-state index contributed by atoms with van der Waals surface area (Å²) in [6, 6.07) is 7.34. The van der Waals surface area contributed by atoms with E-state index >= 15 is 0 Å². The third-order valence-electron chi connectivity index (χ3n) is 2.84. The number of nitrogens with one attached hydrogen (secondary N) is 1. The molecule has 6 heteroatoms. The van der Waals surface area contributed by atoms with Crippen molar-refractivity contribution in [3.63, 3.8) is 0 Å². The highest BCUT2D eigenvalue weighted by molar-refractivity contribution is 5.43. The van der Waals surface area contributed by atoms with E-state index in [1.807, 2.05) is 18.2 Å². The molecule has 6 nitrogen and oxygen atoms in total. The molecule has 2 N–H and O–H groups in total. The van der Waals surface area contributed by atoms with Crippen molar-refractivity contribution < 1.29 is 14.6 Å². The summed E-state index contributed by atoms with van der Waals surface area (Å²) in [5, 5.41) is 12.2. The van der Waals surface area contributed by atoms with Gasteiger partial charge in [-0.25, -0.2) is 9.97 Å². The lowest BCUT2D eigenvalue weighted by Crippen LogP contribution is -2.04. The van der Waals surface area contributed by atoms with Crippen LogP contribution in [0.1, 0.15) is 11.3 Å². The van der Waals surface area contributed by atoms with Gasteiger partial charge in [0.25, 0.3) is 0 Å². The van der Waals surface area contributed by atoms with Gasteiger partial charge in [-0.1, -0.05) is 0 Å². The Hall–Kier alpha value is -2.34. The summed E-state index contributed by atoms with van der Waals surface area (Å²) in [5.41, 5.74) is 1.56. The predicted octanol–water partition coefficient (Wildman–Crippen LogP) is 1.60. The molecular formula is C14H17N3O3. The molecule has 20 heavy (non-hydrogen) atoms. The number of nitrogens with zero attached hydrogens (tertiary/aromatic N) is 2. The molecule has 1 aromatic carbocycles. The van der Waals surface area contributed by atoms with Crippen molar-refractivity contribution in [1.82, 2.24) is 9.97 Å². The summed E-state index contributed by atoms with van der Waals surface area (Å²) < 4.78 is 10.5. The quantitative estimate of drug-likeness (QED) is 0.834. The van der Waals surface area contributed by atoms with E-state index in [-0.39, 0.29) is 6.61 Å². The second-order valence-corrected chi connectivity index (χ2v) is 4.08. The van der Waals surface area contributed by atoms with Gasteiger partial charge in [-0.3, -0.25) is 0 Å². The van der Waals surface area contributed by atoms with E-state index < -0.39 is 0 Å². The third-order valence-corrected chi connectivity index (χ3v) is 2.84. The van der Waals surface area contributed by atoms with Crippen LogP contribution in [0.25, 0.3) is 0 Å². The van der Waals surface area contributed by atoms with Crippen LogP contribution in [0.2, 0.25) is 0 Å². The second kappa shape index (κ2) is 6.72. The average Bonchev–Trinajstić information content (AvgIpc) is 2.52. The maximum atomic E-state index is 9.04. The lowest BCUT2D eigenvalue weighted by atomic mass is 10.2. The van der Waals surface area contributed by atoms with E-state index in [1.54, 1.807) is 20.3 Å². The summed E-state index contributed by atoms with van der Waals surface area (Å²) in [6.45, 7) is 0.443. The number of aliphatic hydroxyl groups excluding tert-OH is 1. The molecule has 0 saturated carbocycles. The van der Waals surface area contributed by atoms with Crippen LogP contribution in [0.15, 0.2) is 30.6 Å². The van der Waals surface area contributed by atoms with Crippen molar-refractivity contribution in [1.29, 1.82) is 0 Å². The van der Waals surface area contributed by atoms with Crippen molar-refractivity contribution in [3.8, 4) is 11.5 Å². The van der Waals surface area contributed by atoms with Gasteiger partial charge in [0.1, 0.15) is 23.6 Å². The number of rotatable bonds is 6. The smallest absolute Gasteiger partial charge is 0.129 e. The lowest BCUT2D eigenvalue weighted by Gasteiger charge is -2.11. The summed E-state index contributed by atoms with van der Waals surface area (Å²) in [4.78, 5) is 8.02. The van der Waals surface area contributed by atoms with Gasteiger partial charge < -0.3 is 19.9 Å². The number of methoxy groups -OCH3 is 2. The first-order valence-corrected chi connectivity index (χ1v) is 6.13. The van der Waals surface area contributed by atoms with Gasteiger partial charge in [0.05, 0.1) is 26.5 Å². The predicted molar refractivity (Wildman–Crippen MR) is 74.8 cm³/mol. The van der Waals surface area contributed by atoms with E-state index in [9.17, 15) is 0 Å². The molecule has 0 atom stereocenters. The molecule has 1 aromatic heterocycles. The normalized spacial score (nSPS) is 10.2. The second-order valence-electron chi connectivity index (χ2n) is 4.08. The minimum atomic E-state index is -0.108. The van der Waals surface area contributed by atoms with Gasteiger partial charge in [0.15, 0.2) is 0 Å². The van der Waals surface area contributed by atoms with Crippen LogP contribution >= 0.6 is 0 Å². The van der Waals surface area contributed by atoms with Crippen molar-refractivity contribution in [2.24, 2.45) is 0 Å². The minimum Gasteiger partial charge on any atom is -0.497 e. The van der Waals surface area contributed by atoms with Gasteiger partial charge in [-0.05, 0) is 12.1 Å². The van der Waals surface area contributed by atoms with Crippen LogP contribution in [0.5, 0.6) is 11.5 Å². The standard InChI is InChI=1S/C14H17N3O3/c1-19-12-4-3-10(13(6-12)20-2)7-15-14-5-11(8-18)16-9-17-14/h3-6,9,18H,7-8H2,1-2H3,(H,15,16,17). The monoisotopic (exact) mass is 275 g/mol. The molecule has 0 fully saturated rings. The molecule has 2 rings (SSSR count). The van der Waals surface area contributed by atoms with Crippen LogP contribution in [0.3, 0.4) is 0 Å². The Bertz CT molecular complexity index is 575. The van der Waals surface area contributed by atoms with Crippen LogP contribution in [-0.4, -0.2) is 29.3 Å². The molecular weight excluding hydrogens is 258 g/mol. The molecule has 0 bridgehead atoms. The molecule has 0 radical (unpaired) electrons.